The molecule has 1 aromatic rings. The highest BCUT2D eigenvalue weighted by atomic mass is 127. The first-order chi connectivity index (χ1) is 8.99. The van der Waals surface area contributed by atoms with E-state index >= 15 is 0 Å². The highest BCUT2D eigenvalue weighted by Gasteiger charge is 2.36. The van der Waals surface area contributed by atoms with E-state index in [1.54, 1.807) is 0 Å². The Labute approximate surface area is 124 Å². The average Bonchev–Trinajstić information content (AvgIpc) is 2.38. The van der Waals surface area contributed by atoms with E-state index in [0.717, 1.165) is 9.13 Å². The topological polar surface area (TPSA) is 77.8 Å². The van der Waals surface area contributed by atoms with Crippen molar-refractivity contribution in [1.29, 1.82) is 0 Å². The molecule has 0 saturated carbocycles. The second kappa shape index (κ2) is 5.77. The molecule has 102 valence electrons. The number of aliphatic carboxylic acids is 1. The van der Waals surface area contributed by atoms with Gasteiger partial charge in [-0.05, 0) is 46.7 Å². The lowest BCUT2D eigenvalue weighted by Gasteiger charge is -2.35. The SMILES string of the molecule is O=C(O)[C@@H]1CCN(C(=O)O)C[C@H]1c1ccc(I)cc1. The van der Waals surface area contributed by atoms with Gasteiger partial charge in [0, 0.05) is 22.6 Å². The third kappa shape index (κ3) is 3.17. The van der Waals surface area contributed by atoms with Crippen LogP contribution in [0, 0.1) is 9.49 Å². The molecule has 1 aliphatic rings. The van der Waals surface area contributed by atoms with E-state index in [2.05, 4.69) is 22.6 Å². The first kappa shape index (κ1) is 14.1. The average molecular weight is 375 g/mol. The second-order valence-corrected chi connectivity index (χ2v) is 5.87. The van der Waals surface area contributed by atoms with Crippen LogP contribution in [0.1, 0.15) is 17.9 Å². The maximum Gasteiger partial charge on any atom is 0.407 e. The number of benzene rings is 1. The van der Waals surface area contributed by atoms with Crippen LogP contribution >= 0.6 is 22.6 Å². The van der Waals surface area contributed by atoms with E-state index in [9.17, 15) is 14.7 Å². The van der Waals surface area contributed by atoms with Gasteiger partial charge in [-0.2, -0.15) is 0 Å². The predicted octanol–water partition coefficient (Wildman–Crippen LogP) is 2.46. The Balaban J connectivity index is 2.27. The third-order valence-electron chi connectivity index (χ3n) is 3.50. The molecule has 1 fully saturated rings. The highest BCUT2D eigenvalue weighted by Crippen LogP contribution is 2.33. The van der Waals surface area contributed by atoms with Crippen LogP contribution in [0.2, 0.25) is 0 Å². The maximum atomic E-state index is 11.3. The molecule has 6 heteroatoms. The number of piperidine rings is 1. The van der Waals surface area contributed by atoms with Gasteiger partial charge in [0.15, 0.2) is 0 Å². The number of nitrogens with zero attached hydrogens (tertiary/aromatic N) is 1. The molecule has 19 heavy (non-hydrogen) atoms. The number of halogens is 1. The molecule has 2 rings (SSSR count). The van der Waals surface area contributed by atoms with Gasteiger partial charge in [-0.1, -0.05) is 12.1 Å². The molecule has 0 spiro atoms. The van der Waals surface area contributed by atoms with Crippen molar-refractivity contribution in [3.05, 3.63) is 33.4 Å². The summed E-state index contributed by atoms with van der Waals surface area (Å²) in [5.41, 5.74) is 0.888. The minimum absolute atomic E-state index is 0.243. The largest absolute Gasteiger partial charge is 0.481 e. The van der Waals surface area contributed by atoms with Crippen LogP contribution in [0.4, 0.5) is 4.79 Å². The van der Waals surface area contributed by atoms with Gasteiger partial charge in [-0.3, -0.25) is 4.79 Å². The Kier molecular flexibility index (Phi) is 4.28. The number of carboxylic acid groups (broad SMARTS) is 2. The number of amides is 1. The minimum atomic E-state index is -0.987. The standard InChI is InChI=1S/C13H14INO4/c14-9-3-1-8(2-4-9)11-7-15(13(18)19)6-5-10(11)12(16)17/h1-4,10-11H,5-7H2,(H,16,17)(H,18,19)/t10-,11+/m1/s1. The summed E-state index contributed by atoms with van der Waals surface area (Å²) < 4.78 is 1.07. The summed E-state index contributed by atoms with van der Waals surface area (Å²) in [6.45, 7) is 0.528. The zero-order valence-corrected chi connectivity index (χ0v) is 12.3. The molecule has 1 heterocycles. The van der Waals surface area contributed by atoms with Crippen LogP contribution < -0.4 is 0 Å². The van der Waals surface area contributed by atoms with E-state index in [1.165, 1.54) is 4.90 Å². The molecule has 2 N–H and O–H groups in total. The van der Waals surface area contributed by atoms with E-state index in [1.807, 2.05) is 24.3 Å². The zero-order valence-electron chi connectivity index (χ0n) is 10.1. The lowest BCUT2D eigenvalue weighted by atomic mass is 9.81. The smallest absolute Gasteiger partial charge is 0.407 e. The minimum Gasteiger partial charge on any atom is -0.481 e. The maximum absolute atomic E-state index is 11.3. The number of carbonyl (C=O) groups is 2. The van der Waals surface area contributed by atoms with Crippen LogP contribution in [0.25, 0.3) is 0 Å². The Morgan fingerprint density at radius 2 is 1.84 bits per heavy atom. The Morgan fingerprint density at radius 1 is 1.21 bits per heavy atom. The summed E-state index contributed by atoms with van der Waals surface area (Å²) in [6, 6.07) is 7.59. The lowest BCUT2D eigenvalue weighted by Crippen LogP contribution is -2.44. The molecule has 0 radical (unpaired) electrons. The first-order valence-electron chi connectivity index (χ1n) is 5.95. The molecule has 0 aromatic heterocycles. The molecule has 5 nitrogen and oxygen atoms in total. The summed E-state index contributed by atoms with van der Waals surface area (Å²) in [4.78, 5) is 23.6. The summed E-state index contributed by atoms with van der Waals surface area (Å²) >= 11 is 2.18. The van der Waals surface area contributed by atoms with Gasteiger partial charge in [-0.25, -0.2) is 4.79 Å². The van der Waals surface area contributed by atoms with Crippen LogP contribution in [0.5, 0.6) is 0 Å². The number of hydrogen-bond acceptors (Lipinski definition) is 2. The van der Waals surface area contributed by atoms with Gasteiger partial charge in [-0.15, -0.1) is 0 Å². The molecule has 1 amide bonds. The van der Waals surface area contributed by atoms with Gasteiger partial charge in [0.25, 0.3) is 0 Å². The normalized spacial score (nSPS) is 23.1. The molecular formula is C13H14INO4. The van der Waals surface area contributed by atoms with Crippen molar-refractivity contribution in [3.63, 3.8) is 0 Å². The molecule has 2 atom stereocenters. The van der Waals surface area contributed by atoms with E-state index < -0.39 is 18.0 Å². The van der Waals surface area contributed by atoms with Crippen molar-refractivity contribution in [2.24, 2.45) is 5.92 Å². The zero-order chi connectivity index (χ0) is 14.0. The fraction of sp³-hybridized carbons (Fsp3) is 0.385. The Morgan fingerprint density at radius 3 is 2.37 bits per heavy atom. The van der Waals surface area contributed by atoms with E-state index in [-0.39, 0.29) is 19.0 Å². The van der Waals surface area contributed by atoms with Crippen molar-refractivity contribution in [2.75, 3.05) is 13.1 Å². The third-order valence-corrected chi connectivity index (χ3v) is 4.22. The molecule has 1 aromatic carbocycles. The Bertz CT molecular complexity index is 488. The van der Waals surface area contributed by atoms with E-state index in [4.69, 9.17) is 5.11 Å². The first-order valence-corrected chi connectivity index (χ1v) is 7.03. The number of carboxylic acids is 1. The van der Waals surface area contributed by atoms with Gasteiger partial charge in [0.2, 0.25) is 0 Å². The number of rotatable bonds is 2. The van der Waals surface area contributed by atoms with Gasteiger partial charge >= 0.3 is 12.1 Å². The van der Waals surface area contributed by atoms with Crippen molar-refractivity contribution in [3.8, 4) is 0 Å². The summed E-state index contributed by atoms with van der Waals surface area (Å²) in [5.74, 6) is -1.65. The van der Waals surface area contributed by atoms with Crippen molar-refractivity contribution in [2.45, 2.75) is 12.3 Å². The number of likely N-dealkylation sites (tertiary alicyclic amines) is 1. The van der Waals surface area contributed by atoms with Gasteiger partial charge in [0.05, 0.1) is 5.92 Å². The fourth-order valence-corrected chi connectivity index (χ4v) is 2.83. The lowest BCUT2D eigenvalue weighted by molar-refractivity contribution is -0.144. The molecule has 0 unspecified atom stereocenters. The van der Waals surface area contributed by atoms with Crippen LogP contribution in [0.3, 0.4) is 0 Å². The molecule has 0 aliphatic carbocycles. The highest BCUT2D eigenvalue weighted by molar-refractivity contribution is 14.1. The van der Waals surface area contributed by atoms with Gasteiger partial charge in [0.1, 0.15) is 0 Å². The molecule has 1 aliphatic heterocycles. The van der Waals surface area contributed by atoms with Crippen LogP contribution in [-0.2, 0) is 4.79 Å². The van der Waals surface area contributed by atoms with Crippen LogP contribution in [-0.4, -0.2) is 40.3 Å². The van der Waals surface area contributed by atoms with Crippen molar-refractivity contribution >= 4 is 34.7 Å². The fourth-order valence-electron chi connectivity index (χ4n) is 2.47. The summed E-state index contributed by atoms with van der Waals surface area (Å²) in [5, 5.41) is 18.3. The van der Waals surface area contributed by atoms with E-state index in [0.29, 0.717) is 6.42 Å². The van der Waals surface area contributed by atoms with Crippen molar-refractivity contribution < 1.29 is 19.8 Å². The number of hydrogen-bond donors (Lipinski definition) is 2. The summed E-state index contributed by atoms with van der Waals surface area (Å²) in [7, 11) is 0. The van der Waals surface area contributed by atoms with Gasteiger partial charge < -0.3 is 15.1 Å². The molecular weight excluding hydrogens is 361 g/mol. The monoisotopic (exact) mass is 375 g/mol. The summed E-state index contributed by atoms with van der Waals surface area (Å²) in [6.07, 6.45) is -0.627. The quantitative estimate of drug-likeness (QED) is 0.779. The predicted molar refractivity (Wildman–Crippen MR) is 77.2 cm³/mol. The molecule has 0 bridgehead atoms. The Hall–Kier alpha value is -1.31. The molecule has 1 saturated heterocycles. The second-order valence-electron chi connectivity index (χ2n) is 4.62. The van der Waals surface area contributed by atoms with Crippen LogP contribution in [0.15, 0.2) is 24.3 Å². The van der Waals surface area contributed by atoms with Crippen molar-refractivity contribution in [1.82, 2.24) is 4.90 Å².